The number of nitrogens with zero attached hydrogens (tertiary/aromatic N) is 3. The first-order valence-corrected chi connectivity index (χ1v) is 12.6. The summed E-state index contributed by atoms with van der Waals surface area (Å²) in [6, 6.07) is 11.2. The maximum absolute atomic E-state index is 13.5. The van der Waals surface area contributed by atoms with Crippen molar-refractivity contribution in [3.05, 3.63) is 71.2 Å². The topological polar surface area (TPSA) is 84.4 Å². The van der Waals surface area contributed by atoms with Crippen LogP contribution in [0.5, 0.6) is 0 Å². The van der Waals surface area contributed by atoms with E-state index in [4.69, 9.17) is 4.74 Å². The molecule has 2 aromatic heterocycles. The molecule has 5 rings (SSSR count). The summed E-state index contributed by atoms with van der Waals surface area (Å²) in [5, 5.41) is 5.30. The summed E-state index contributed by atoms with van der Waals surface area (Å²) >= 11 is 1.28. The van der Waals surface area contributed by atoms with E-state index >= 15 is 0 Å². The summed E-state index contributed by atoms with van der Waals surface area (Å²) in [7, 11) is 0. The summed E-state index contributed by atoms with van der Waals surface area (Å²) in [6.45, 7) is 3.91. The van der Waals surface area contributed by atoms with Gasteiger partial charge in [-0.1, -0.05) is 30.3 Å². The van der Waals surface area contributed by atoms with Crippen molar-refractivity contribution in [1.29, 1.82) is 0 Å². The molecule has 9 heteroatoms. The number of carbonyl (C=O) groups excluding carboxylic acids is 2. The van der Waals surface area contributed by atoms with Crippen molar-refractivity contribution in [2.45, 2.75) is 63.3 Å². The third-order valence-corrected chi connectivity index (χ3v) is 7.62. The lowest BCUT2D eigenvalue weighted by atomic mass is 9.86. The van der Waals surface area contributed by atoms with E-state index in [1.54, 1.807) is 5.38 Å². The van der Waals surface area contributed by atoms with Gasteiger partial charge in [0.1, 0.15) is 22.1 Å². The molecule has 0 radical (unpaired) electrons. The molecule has 1 aromatic carbocycles. The molecule has 1 aliphatic carbocycles. The molecular weight excluding hydrogens is 467 g/mol. The van der Waals surface area contributed by atoms with Crippen LogP contribution >= 0.6 is 11.3 Å². The Labute approximate surface area is 207 Å². The highest BCUT2D eigenvalue weighted by Crippen LogP contribution is 2.44. The standard InChI is InChI=1S/C26H27FN4O3S/c1-26(2)22(16-6-4-3-5-7-16)31(25(33)34-26)20-10-8-19(9-11-20)29-23(32)21-15-35-24(30-21)17-12-18(27)14-28-13-17/h3-7,12-15,19-20,22H,8-11H2,1-2H3,(H,29,32). The fraction of sp³-hybridized carbons (Fsp3) is 0.385. The van der Waals surface area contributed by atoms with Crippen LogP contribution in [0.15, 0.2) is 54.2 Å². The Morgan fingerprint density at radius 1 is 1.17 bits per heavy atom. The molecule has 0 spiro atoms. The molecule has 1 saturated heterocycles. The van der Waals surface area contributed by atoms with Gasteiger partial charge in [0.2, 0.25) is 0 Å². The maximum Gasteiger partial charge on any atom is 0.411 e. The quantitative estimate of drug-likeness (QED) is 0.516. The Morgan fingerprint density at radius 2 is 1.91 bits per heavy atom. The van der Waals surface area contributed by atoms with E-state index in [0.717, 1.165) is 37.4 Å². The van der Waals surface area contributed by atoms with E-state index in [9.17, 15) is 14.0 Å². The van der Waals surface area contributed by atoms with Crippen molar-refractivity contribution in [3.63, 3.8) is 0 Å². The second-order valence-corrected chi connectivity index (χ2v) is 10.5. The molecule has 1 saturated carbocycles. The summed E-state index contributed by atoms with van der Waals surface area (Å²) in [5.74, 6) is -0.690. The molecular formula is C26H27FN4O3S. The molecule has 3 aromatic rings. The summed E-state index contributed by atoms with van der Waals surface area (Å²) in [4.78, 5) is 35.8. The second-order valence-electron chi connectivity index (χ2n) is 9.60. The summed E-state index contributed by atoms with van der Waals surface area (Å²) in [5.41, 5.74) is 1.29. The van der Waals surface area contributed by atoms with Gasteiger partial charge in [-0.15, -0.1) is 11.3 Å². The van der Waals surface area contributed by atoms with Crippen LogP contribution in [0.1, 0.15) is 61.6 Å². The van der Waals surface area contributed by atoms with Crippen molar-refractivity contribution in [1.82, 2.24) is 20.2 Å². The predicted octanol–water partition coefficient (Wildman–Crippen LogP) is 5.36. The molecule has 1 atom stereocenters. The number of aromatic nitrogens is 2. The zero-order valence-corrected chi connectivity index (χ0v) is 20.4. The Kier molecular flexibility index (Phi) is 6.27. The van der Waals surface area contributed by atoms with Crippen LogP contribution < -0.4 is 5.32 Å². The monoisotopic (exact) mass is 494 g/mol. The Balaban J connectivity index is 1.22. The van der Waals surface area contributed by atoms with E-state index in [1.807, 2.05) is 49.1 Å². The van der Waals surface area contributed by atoms with Crippen molar-refractivity contribution < 1.29 is 18.7 Å². The first kappa shape index (κ1) is 23.4. The number of rotatable bonds is 5. The minimum Gasteiger partial charge on any atom is -0.441 e. The minimum absolute atomic E-state index is 0.00143. The number of hydrogen-bond acceptors (Lipinski definition) is 6. The van der Waals surface area contributed by atoms with E-state index in [1.165, 1.54) is 23.6 Å². The summed E-state index contributed by atoms with van der Waals surface area (Å²) < 4.78 is 19.2. The minimum atomic E-state index is -0.622. The van der Waals surface area contributed by atoms with Crippen molar-refractivity contribution in [3.8, 4) is 10.6 Å². The molecule has 7 nitrogen and oxygen atoms in total. The van der Waals surface area contributed by atoms with E-state index in [2.05, 4.69) is 15.3 Å². The zero-order valence-electron chi connectivity index (χ0n) is 19.6. The van der Waals surface area contributed by atoms with Crippen molar-refractivity contribution in [2.24, 2.45) is 0 Å². The van der Waals surface area contributed by atoms with Gasteiger partial charge in [0.15, 0.2) is 0 Å². The fourth-order valence-corrected chi connectivity index (χ4v) is 5.91. The Morgan fingerprint density at radius 3 is 2.63 bits per heavy atom. The molecule has 3 heterocycles. The second kappa shape index (κ2) is 9.37. The number of nitrogens with one attached hydrogen (secondary N) is 1. The molecule has 1 N–H and O–H groups in total. The van der Waals surface area contributed by atoms with Gasteiger partial charge >= 0.3 is 6.09 Å². The van der Waals surface area contributed by atoms with Gasteiger partial charge in [-0.2, -0.15) is 0 Å². The van der Waals surface area contributed by atoms with Crippen molar-refractivity contribution >= 4 is 23.3 Å². The van der Waals surface area contributed by atoms with Crippen LogP contribution in [0.3, 0.4) is 0 Å². The highest BCUT2D eigenvalue weighted by molar-refractivity contribution is 7.13. The first-order chi connectivity index (χ1) is 16.8. The van der Waals surface area contributed by atoms with Crippen molar-refractivity contribution in [2.75, 3.05) is 0 Å². The van der Waals surface area contributed by atoms with Crippen LogP contribution in [-0.2, 0) is 4.74 Å². The molecule has 2 aliphatic rings. The lowest BCUT2D eigenvalue weighted by molar-refractivity contribution is 0.0663. The molecule has 182 valence electrons. The number of carbonyl (C=O) groups is 2. The average molecular weight is 495 g/mol. The van der Waals surface area contributed by atoms with Crippen LogP contribution in [0.25, 0.3) is 10.6 Å². The number of hydrogen-bond donors (Lipinski definition) is 1. The van der Waals surface area contributed by atoms with Gasteiger partial charge in [0.05, 0.1) is 12.2 Å². The van der Waals surface area contributed by atoms with Gasteiger partial charge in [-0.05, 0) is 51.2 Å². The van der Waals surface area contributed by atoms with Gasteiger partial charge in [-0.25, -0.2) is 14.2 Å². The van der Waals surface area contributed by atoms with Crippen LogP contribution in [-0.4, -0.2) is 44.6 Å². The zero-order chi connectivity index (χ0) is 24.6. The van der Waals surface area contributed by atoms with E-state index in [0.29, 0.717) is 16.3 Å². The van der Waals surface area contributed by atoms with Gasteiger partial charge in [-0.3, -0.25) is 14.7 Å². The number of ether oxygens (including phenoxy) is 1. The third kappa shape index (κ3) is 4.77. The van der Waals surface area contributed by atoms with Gasteiger partial charge < -0.3 is 10.1 Å². The first-order valence-electron chi connectivity index (χ1n) is 11.8. The maximum atomic E-state index is 13.5. The highest BCUT2D eigenvalue weighted by Gasteiger charge is 2.51. The van der Waals surface area contributed by atoms with E-state index in [-0.39, 0.29) is 30.1 Å². The smallest absolute Gasteiger partial charge is 0.411 e. The lowest BCUT2D eigenvalue weighted by Gasteiger charge is -2.38. The van der Waals surface area contributed by atoms with Crippen LogP contribution in [0, 0.1) is 5.82 Å². The predicted molar refractivity (Wildman–Crippen MR) is 130 cm³/mol. The highest BCUT2D eigenvalue weighted by atomic mass is 32.1. The van der Waals surface area contributed by atoms with Gasteiger partial charge in [0.25, 0.3) is 5.91 Å². The lowest BCUT2D eigenvalue weighted by Crippen LogP contribution is -2.46. The fourth-order valence-electron chi connectivity index (χ4n) is 5.13. The average Bonchev–Trinajstić information content (AvgIpc) is 3.42. The Hall–Kier alpha value is -3.33. The van der Waals surface area contributed by atoms with E-state index < -0.39 is 11.4 Å². The number of halogens is 1. The summed E-state index contributed by atoms with van der Waals surface area (Å²) in [6.07, 6.45) is 5.44. The molecule has 1 unspecified atom stereocenters. The molecule has 1 aliphatic heterocycles. The van der Waals surface area contributed by atoms with Crippen LogP contribution in [0.2, 0.25) is 0 Å². The molecule has 0 bridgehead atoms. The van der Waals surface area contributed by atoms with Crippen LogP contribution in [0.4, 0.5) is 9.18 Å². The third-order valence-electron chi connectivity index (χ3n) is 6.73. The largest absolute Gasteiger partial charge is 0.441 e. The number of pyridine rings is 1. The normalized spacial score (nSPS) is 23.7. The molecule has 2 fully saturated rings. The number of thiazole rings is 1. The molecule has 35 heavy (non-hydrogen) atoms. The number of benzene rings is 1. The number of cyclic esters (lactones) is 1. The van der Waals surface area contributed by atoms with Gasteiger partial charge in [0, 0.05) is 29.2 Å². The SMILES string of the molecule is CC1(C)OC(=O)N(C2CCC(NC(=O)c3csc(-c4cncc(F)c4)n3)CC2)C1c1ccccc1. The number of amides is 2. The molecule has 2 amide bonds. The Bertz CT molecular complexity index is 1220.